The first-order valence-corrected chi connectivity index (χ1v) is 7.43. The lowest BCUT2D eigenvalue weighted by Gasteiger charge is -2.01. The fourth-order valence-corrected chi connectivity index (χ4v) is 2.51. The van der Waals surface area contributed by atoms with Crippen molar-refractivity contribution in [1.29, 1.82) is 0 Å². The predicted molar refractivity (Wildman–Crippen MR) is 95.2 cm³/mol. The number of hydrogen-bond acceptors (Lipinski definition) is 5. The van der Waals surface area contributed by atoms with Crippen LogP contribution in [-0.4, -0.2) is 14.8 Å². The van der Waals surface area contributed by atoms with Crippen LogP contribution in [0.15, 0.2) is 48.5 Å². The van der Waals surface area contributed by atoms with Crippen LogP contribution in [0.1, 0.15) is 16.8 Å². The maximum Gasteiger partial charge on any atom is 0.278 e. The van der Waals surface area contributed by atoms with Gasteiger partial charge in [0.25, 0.3) is 11.4 Å². The van der Waals surface area contributed by atoms with Crippen molar-refractivity contribution in [3.05, 3.63) is 85.6 Å². The second kappa shape index (κ2) is 6.48. The molecule has 0 aliphatic rings. The zero-order valence-corrected chi connectivity index (χ0v) is 13.2. The number of nitrogens with zero attached hydrogens (tertiary/aromatic N) is 3. The van der Waals surface area contributed by atoms with Crippen LogP contribution in [0.5, 0.6) is 0 Å². The normalized spacial score (nSPS) is 11.1. The summed E-state index contributed by atoms with van der Waals surface area (Å²) < 4.78 is 0. The molecule has 3 rings (SSSR count). The lowest BCUT2D eigenvalue weighted by molar-refractivity contribution is -0.385. The van der Waals surface area contributed by atoms with Crippen LogP contribution in [0, 0.1) is 27.2 Å². The Hall–Kier alpha value is -3.61. The predicted octanol–water partition coefficient (Wildman–Crippen LogP) is 4.53. The van der Waals surface area contributed by atoms with Gasteiger partial charge in [-0.05, 0) is 36.8 Å². The van der Waals surface area contributed by atoms with Crippen LogP contribution in [0.25, 0.3) is 23.1 Å². The molecule has 2 aromatic carbocycles. The average molecular weight is 335 g/mol. The Morgan fingerprint density at radius 2 is 1.68 bits per heavy atom. The summed E-state index contributed by atoms with van der Waals surface area (Å²) in [6.07, 6.45) is 3.44. The van der Waals surface area contributed by atoms with Crippen LogP contribution in [0.3, 0.4) is 0 Å². The Morgan fingerprint density at radius 3 is 2.40 bits per heavy atom. The monoisotopic (exact) mass is 335 g/mol. The lowest BCUT2D eigenvalue weighted by atomic mass is 10.1. The van der Waals surface area contributed by atoms with Gasteiger partial charge in [-0.25, -0.2) is 4.98 Å². The Labute approximate surface area is 142 Å². The summed E-state index contributed by atoms with van der Waals surface area (Å²) in [6, 6.07) is 13.0. The van der Waals surface area contributed by atoms with Crippen molar-refractivity contribution in [2.24, 2.45) is 0 Å². The fourth-order valence-electron chi connectivity index (χ4n) is 2.51. The molecule has 0 unspecified atom stereocenters. The molecule has 1 aromatic heterocycles. The minimum Gasteiger partial charge on any atom is -0.258 e. The van der Waals surface area contributed by atoms with Gasteiger partial charge in [0.2, 0.25) is 0 Å². The maximum atomic E-state index is 11.0. The molecule has 124 valence electrons. The molecule has 0 N–H and O–H groups in total. The van der Waals surface area contributed by atoms with E-state index >= 15 is 0 Å². The summed E-state index contributed by atoms with van der Waals surface area (Å²) >= 11 is 0. The van der Waals surface area contributed by atoms with Gasteiger partial charge in [0.15, 0.2) is 0 Å². The van der Waals surface area contributed by atoms with Crippen LogP contribution in [-0.2, 0) is 0 Å². The van der Waals surface area contributed by atoms with Crippen molar-refractivity contribution in [3.63, 3.8) is 0 Å². The van der Waals surface area contributed by atoms with E-state index in [0.717, 1.165) is 0 Å². The molecule has 0 atom stereocenters. The standard InChI is InChI=1S/C18H13N3O4/c1-12-5-6-13(11-18(12)21(24)25)7-8-14-9-10-15-16(19-14)3-2-4-17(15)20(22)23/h2-11H,1H3/b8-7+. The van der Waals surface area contributed by atoms with Gasteiger partial charge in [0.1, 0.15) is 0 Å². The number of benzene rings is 2. The number of nitro groups is 2. The summed E-state index contributed by atoms with van der Waals surface area (Å²) in [7, 11) is 0. The molecule has 0 saturated carbocycles. The van der Waals surface area contributed by atoms with Gasteiger partial charge in [-0.3, -0.25) is 20.2 Å². The van der Waals surface area contributed by atoms with Crippen molar-refractivity contribution in [3.8, 4) is 0 Å². The number of rotatable bonds is 4. The van der Waals surface area contributed by atoms with E-state index in [9.17, 15) is 20.2 Å². The summed E-state index contributed by atoms with van der Waals surface area (Å²) in [5, 5.41) is 22.5. The molecule has 0 radical (unpaired) electrons. The van der Waals surface area contributed by atoms with Gasteiger partial charge >= 0.3 is 0 Å². The molecular formula is C18H13N3O4. The van der Waals surface area contributed by atoms with Crippen molar-refractivity contribution >= 4 is 34.4 Å². The number of pyridine rings is 1. The van der Waals surface area contributed by atoms with E-state index < -0.39 is 9.85 Å². The van der Waals surface area contributed by atoms with Crippen LogP contribution >= 0.6 is 0 Å². The van der Waals surface area contributed by atoms with E-state index in [1.54, 1.807) is 55.5 Å². The highest BCUT2D eigenvalue weighted by molar-refractivity contribution is 5.89. The van der Waals surface area contributed by atoms with Gasteiger partial charge < -0.3 is 0 Å². The molecule has 0 saturated heterocycles. The Balaban J connectivity index is 1.96. The third-order valence-corrected chi connectivity index (χ3v) is 3.80. The molecule has 3 aromatic rings. The number of nitro benzene ring substituents is 2. The van der Waals surface area contributed by atoms with E-state index in [1.807, 2.05) is 0 Å². The van der Waals surface area contributed by atoms with Gasteiger partial charge in [-0.1, -0.05) is 24.3 Å². The zero-order chi connectivity index (χ0) is 18.0. The minimum atomic E-state index is -0.440. The summed E-state index contributed by atoms with van der Waals surface area (Å²) in [5.74, 6) is 0. The third-order valence-electron chi connectivity index (χ3n) is 3.80. The molecule has 0 aliphatic heterocycles. The van der Waals surface area contributed by atoms with E-state index in [1.165, 1.54) is 12.1 Å². The van der Waals surface area contributed by atoms with E-state index in [-0.39, 0.29) is 11.4 Å². The molecular weight excluding hydrogens is 322 g/mol. The Bertz CT molecular complexity index is 1030. The number of hydrogen-bond donors (Lipinski definition) is 0. The molecule has 25 heavy (non-hydrogen) atoms. The molecule has 0 spiro atoms. The third kappa shape index (κ3) is 3.35. The minimum absolute atomic E-state index is 0.00897. The van der Waals surface area contributed by atoms with Gasteiger partial charge in [0, 0.05) is 17.7 Å². The number of aryl methyl sites for hydroxylation is 1. The second-order valence-electron chi connectivity index (χ2n) is 5.47. The highest BCUT2D eigenvalue weighted by Gasteiger charge is 2.12. The first-order valence-electron chi connectivity index (χ1n) is 7.43. The quantitative estimate of drug-likeness (QED) is 0.515. The van der Waals surface area contributed by atoms with Crippen molar-refractivity contribution in [2.75, 3.05) is 0 Å². The largest absolute Gasteiger partial charge is 0.278 e. The molecule has 0 aliphatic carbocycles. The number of aromatic nitrogens is 1. The van der Waals surface area contributed by atoms with Crippen molar-refractivity contribution < 1.29 is 9.85 Å². The van der Waals surface area contributed by atoms with Crippen LogP contribution in [0.4, 0.5) is 11.4 Å². The van der Waals surface area contributed by atoms with Gasteiger partial charge in [-0.15, -0.1) is 0 Å². The first kappa shape index (κ1) is 16.3. The smallest absolute Gasteiger partial charge is 0.258 e. The molecule has 1 heterocycles. The lowest BCUT2D eigenvalue weighted by Crippen LogP contribution is -1.92. The fraction of sp³-hybridized carbons (Fsp3) is 0.0556. The highest BCUT2D eigenvalue weighted by atomic mass is 16.6. The number of fused-ring (bicyclic) bond motifs is 1. The van der Waals surface area contributed by atoms with Gasteiger partial charge in [0.05, 0.1) is 26.4 Å². The Kier molecular flexibility index (Phi) is 4.21. The van der Waals surface area contributed by atoms with E-state index in [0.29, 0.717) is 27.7 Å². The van der Waals surface area contributed by atoms with Crippen molar-refractivity contribution in [1.82, 2.24) is 4.98 Å². The summed E-state index contributed by atoms with van der Waals surface area (Å²) in [6.45, 7) is 1.68. The highest BCUT2D eigenvalue weighted by Crippen LogP contribution is 2.25. The van der Waals surface area contributed by atoms with Crippen molar-refractivity contribution in [2.45, 2.75) is 6.92 Å². The maximum absolute atomic E-state index is 11.0. The summed E-state index contributed by atoms with van der Waals surface area (Å²) in [4.78, 5) is 25.6. The van der Waals surface area contributed by atoms with Gasteiger partial charge in [-0.2, -0.15) is 0 Å². The van der Waals surface area contributed by atoms with Crippen LogP contribution in [0.2, 0.25) is 0 Å². The molecule has 0 fully saturated rings. The molecule has 0 bridgehead atoms. The second-order valence-corrected chi connectivity index (χ2v) is 5.47. The first-order chi connectivity index (χ1) is 12.0. The summed E-state index contributed by atoms with van der Waals surface area (Å²) in [5.41, 5.74) is 2.47. The SMILES string of the molecule is Cc1ccc(/C=C/c2ccc3c([N+](=O)[O-])cccc3n2)cc1[N+](=O)[O-]. The number of non-ortho nitro benzene ring substituents is 1. The zero-order valence-electron chi connectivity index (χ0n) is 13.2. The average Bonchev–Trinajstić information content (AvgIpc) is 2.59. The molecule has 7 heteroatoms. The molecule has 0 amide bonds. The topological polar surface area (TPSA) is 99.2 Å². The molecule has 7 nitrogen and oxygen atoms in total. The van der Waals surface area contributed by atoms with E-state index in [2.05, 4.69) is 4.98 Å². The Morgan fingerprint density at radius 1 is 0.920 bits per heavy atom. The van der Waals surface area contributed by atoms with E-state index in [4.69, 9.17) is 0 Å². The van der Waals surface area contributed by atoms with Crippen LogP contribution < -0.4 is 0 Å².